The molecule has 2 aromatic heterocycles. The average molecular weight is 421 g/mol. The molecule has 3 atom stereocenters. The highest BCUT2D eigenvalue weighted by molar-refractivity contribution is 7.80. The molecule has 0 aliphatic carbocycles. The lowest BCUT2D eigenvalue weighted by Crippen LogP contribution is -2.36. The molecule has 2 N–H and O–H groups in total. The van der Waals surface area contributed by atoms with E-state index in [1.807, 2.05) is 48.8 Å². The number of hydrogen-bond donors (Lipinski definition) is 2. The highest BCUT2D eigenvalue weighted by Gasteiger charge is 2.42. The van der Waals surface area contributed by atoms with Crippen molar-refractivity contribution in [3.63, 3.8) is 0 Å². The van der Waals surface area contributed by atoms with E-state index < -0.39 is 0 Å². The number of aromatic hydroxyl groups is 1. The summed E-state index contributed by atoms with van der Waals surface area (Å²) in [6.07, 6.45) is 6.20. The van der Waals surface area contributed by atoms with Gasteiger partial charge in [0.25, 0.3) is 0 Å². The maximum atomic E-state index is 9.70. The highest BCUT2D eigenvalue weighted by Crippen LogP contribution is 2.40. The van der Waals surface area contributed by atoms with Gasteiger partial charge in [0.15, 0.2) is 5.11 Å². The first kappa shape index (κ1) is 19.1. The van der Waals surface area contributed by atoms with Crippen LogP contribution < -0.4 is 5.32 Å². The van der Waals surface area contributed by atoms with Crippen LogP contribution in [0.3, 0.4) is 0 Å². The summed E-state index contributed by atoms with van der Waals surface area (Å²) < 4.78 is 8.07. The maximum absolute atomic E-state index is 9.70. The van der Waals surface area contributed by atoms with Crippen LogP contribution in [-0.2, 0) is 4.74 Å². The molecule has 1 aromatic carbocycles. The third-order valence-corrected chi connectivity index (χ3v) is 6.19. The third kappa shape index (κ3) is 3.55. The first-order valence-electron chi connectivity index (χ1n) is 10.3. The first-order valence-corrected chi connectivity index (χ1v) is 10.7. The summed E-state index contributed by atoms with van der Waals surface area (Å²) >= 11 is 5.77. The highest BCUT2D eigenvalue weighted by atomic mass is 32.1. The van der Waals surface area contributed by atoms with E-state index in [-0.39, 0.29) is 23.9 Å². The number of thiocarbonyl (C=S) groups is 1. The summed E-state index contributed by atoms with van der Waals surface area (Å²) in [5.74, 6) is 0.252. The van der Waals surface area contributed by atoms with Gasteiger partial charge in [-0.2, -0.15) is 0 Å². The standard InChI is InChI=1S/C23H24N4O2S/c28-17-10-8-16(9-11-17)26-13-3-7-20(26)22-21(19-6-1-2-12-24-19)25-23(30)27(22)15-18-5-4-14-29-18/h1-3,6-13,18,21-22,28H,4-5,14-15H2,(H,25,30). The fraction of sp³-hybridized carbons (Fsp3) is 0.304. The van der Waals surface area contributed by atoms with Gasteiger partial charge in [-0.1, -0.05) is 6.07 Å². The molecule has 0 saturated carbocycles. The maximum Gasteiger partial charge on any atom is 0.170 e. The van der Waals surface area contributed by atoms with Gasteiger partial charge in [-0.3, -0.25) is 4.98 Å². The van der Waals surface area contributed by atoms with E-state index in [1.165, 1.54) is 0 Å². The quantitative estimate of drug-likeness (QED) is 0.614. The summed E-state index contributed by atoms with van der Waals surface area (Å²) in [5, 5.41) is 13.9. The van der Waals surface area contributed by atoms with Crippen molar-refractivity contribution in [2.75, 3.05) is 13.2 Å². The van der Waals surface area contributed by atoms with Gasteiger partial charge < -0.3 is 24.6 Å². The Hall–Kier alpha value is -2.90. The Bertz CT molecular complexity index is 1020. The Kier molecular flexibility index (Phi) is 5.14. The summed E-state index contributed by atoms with van der Waals surface area (Å²) in [6.45, 7) is 1.57. The molecule has 6 nitrogen and oxygen atoms in total. The lowest BCUT2D eigenvalue weighted by atomic mass is 10.0. The van der Waals surface area contributed by atoms with Crippen LogP contribution in [0.2, 0.25) is 0 Å². The van der Waals surface area contributed by atoms with Crippen LogP contribution in [0.25, 0.3) is 5.69 Å². The van der Waals surface area contributed by atoms with Crippen molar-refractivity contribution in [3.8, 4) is 11.4 Å². The summed E-state index contributed by atoms with van der Waals surface area (Å²) in [6, 6.07) is 17.3. The number of rotatable bonds is 5. The van der Waals surface area contributed by atoms with Crippen LogP contribution in [-0.4, -0.2) is 43.9 Å². The number of nitrogens with one attached hydrogen (secondary N) is 1. The van der Waals surface area contributed by atoms with Crippen LogP contribution in [0.15, 0.2) is 67.0 Å². The van der Waals surface area contributed by atoms with E-state index in [0.717, 1.165) is 48.2 Å². The molecule has 30 heavy (non-hydrogen) atoms. The minimum absolute atomic E-state index is 0.0274. The van der Waals surface area contributed by atoms with E-state index in [4.69, 9.17) is 17.0 Å². The zero-order valence-corrected chi connectivity index (χ0v) is 17.3. The molecule has 0 spiro atoms. The van der Waals surface area contributed by atoms with E-state index >= 15 is 0 Å². The van der Waals surface area contributed by atoms with Crippen molar-refractivity contribution < 1.29 is 9.84 Å². The van der Waals surface area contributed by atoms with Gasteiger partial charge in [0, 0.05) is 36.9 Å². The number of nitrogens with zero attached hydrogens (tertiary/aromatic N) is 3. The molecular formula is C23H24N4O2S. The summed E-state index contributed by atoms with van der Waals surface area (Å²) in [7, 11) is 0. The van der Waals surface area contributed by atoms with Gasteiger partial charge in [0.05, 0.1) is 23.9 Å². The van der Waals surface area contributed by atoms with Gasteiger partial charge in [-0.15, -0.1) is 0 Å². The second-order valence-corrected chi connectivity index (χ2v) is 8.12. The Morgan fingerprint density at radius 3 is 2.73 bits per heavy atom. The fourth-order valence-electron chi connectivity index (χ4n) is 4.41. The van der Waals surface area contributed by atoms with Crippen molar-refractivity contribution >= 4 is 17.3 Å². The summed E-state index contributed by atoms with van der Waals surface area (Å²) in [5.41, 5.74) is 3.06. The normalized spacial score (nSPS) is 23.7. The minimum Gasteiger partial charge on any atom is -0.508 e. The molecule has 7 heteroatoms. The van der Waals surface area contributed by atoms with E-state index in [9.17, 15) is 5.11 Å². The number of phenols is 1. The van der Waals surface area contributed by atoms with Gasteiger partial charge in [0.1, 0.15) is 5.75 Å². The molecule has 3 aromatic rings. The molecule has 4 heterocycles. The van der Waals surface area contributed by atoms with Crippen molar-refractivity contribution in [3.05, 3.63) is 78.4 Å². The SMILES string of the molecule is Oc1ccc(-n2cccc2C2C(c3ccccn3)NC(=S)N2CC2CCCO2)cc1. The zero-order chi connectivity index (χ0) is 20.5. The van der Waals surface area contributed by atoms with E-state index in [2.05, 4.69) is 25.8 Å². The van der Waals surface area contributed by atoms with E-state index in [1.54, 1.807) is 12.1 Å². The molecule has 2 fully saturated rings. The molecule has 2 aliphatic rings. The zero-order valence-electron chi connectivity index (χ0n) is 16.5. The molecule has 3 unspecified atom stereocenters. The monoisotopic (exact) mass is 420 g/mol. The van der Waals surface area contributed by atoms with E-state index in [0.29, 0.717) is 0 Å². The van der Waals surface area contributed by atoms with Crippen LogP contribution in [0, 0.1) is 0 Å². The van der Waals surface area contributed by atoms with Gasteiger partial charge in [-0.25, -0.2) is 0 Å². The lowest BCUT2D eigenvalue weighted by Gasteiger charge is -2.30. The van der Waals surface area contributed by atoms with Crippen LogP contribution in [0.5, 0.6) is 5.75 Å². The first-order chi connectivity index (χ1) is 14.7. The van der Waals surface area contributed by atoms with Crippen molar-refractivity contribution in [1.82, 2.24) is 19.8 Å². The molecule has 154 valence electrons. The lowest BCUT2D eigenvalue weighted by molar-refractivity contribution is 0.0836. The van der Waals surface area contributed by atoms with Crippen LogP contribution in [0.4, 0.5) is 0 Å². The van der Waals surface area contributed by atoms with Crippen molar-refractivity contribution in [2.24, 2.45) is 0 Å². The average Bonchev–Trinajstić information content (AvgIpc) is 3.51. The predicted molar refractivity (Wildman–Crippen MR) is 119 cm³/mol. The molecule has 5 rings (SSSR count). The predicted octanol–water partition coefficient (Wildman–Crippen LogP) is 3.73. The Balaban J connectivity index is 1.56. The largest absolute Gasteiger partial charge is 0.508 e. The number of aromatic nitrogens is 2. The Morgan fingerprint density at radius 2 is 2.00 bits per heavy atom. The second kappa shape index (κ2) is 8.08. The van der Waals surface area contributed by atoms with Gasteiger partial charge in [0.2, 0.25) is 0 Å². The fourth-order valence-corrected chi connectivity index (χ4v) is 4.73. The molecule has 0 radical (unpaired) electrons. The third-order valence-electron chi connectivity index (χ3n) is 5.83. The minimum atomic E-state index is -0.0640. The molecule has 2 saturated heterocycles. The summed E-state index contributed by atoms with van der Waals surface area (Å²) in [4.78, 5) is 6.86. The number of benzene rings is 1. The second-order valence-electron chi connectivity index (χ2n) is 7.73. The molecular weight excluding hydrogens is 396 g/mol. The van der Waals surface area contributed by atoms with Crippen molar-refractivity contribution in [1.29, 1.82) is 0 Å². The number of hydrogen-bond acceptors (Lipinski definition) is 4. The Labute approximate surface area is 181 Å². The van der Waals surface area contributed by atoms with Gasteiger partial charge >= 0.3 is 0 Å². The number of phenolic OH excluding ortho intramolecular Hbond substituents is 1. The molecule has 0 amide bonds. The van der Waals surface area contributed by atoms with Gasteiger partial charge in [-0.05, 0) is 73.6 Å². The number of pyridine rings is 1. The van der Waals surface area contributed by atoms with Crippen LogP contribution >= 0.6 is 12.2 Å². The molecule has 2 aliphatic heterocycles. The van der Waals surface area contributed by atoms with Crippen molar-refractivity contribution in [2.45, 2.75) is 31.0 Å². The molecule has 0 bridgehead atoms. The van der Waals surface area contributed by atoms with Crippen LogP contribution in [0.1, 0.15) is 36.3 Å². The Morgan fingerprint density at radius 1 is 1.13 bits per heavy atom. The topological polar surface area (TPSA) is 62.5 Å². The number of ether oxygens (including phenoxy) is 1. The smallest absolute Gasteiger partial charge is 0.170 e.